The van der Waals surface area contributed by atoms with Crippen molar-refractivity contribution in [3.63, 3.8) is 0 Å². The van der Waals surface area contributed by atoms with E-state index in [0.29, 0.717) is 6.29 Å². The number of carboxylic acid groups (broad SMARTS) is 1. The molecular weight excluding hydrogens is 228 g/mol. The van der Waals surface area contributed by atoms with E-state index in [1.807, 2.05) is 0 Å². The second kappa shape index (κ2) is 5.11. The summed E-state index contributed by atoms with van der Waals surface area (Å²) < 4.78 is 9.79. The van der Waals surface area contributed by atoms with Gasteiger partial charge in [0, 0.05) is 5.56 Å². The van der Waals surface area contributed by atoms with E-state index >= 15 is 0 Å². The number of aldehydes is 1. The van der Waals surface area contributed by atoms with Crippen molar-refractivity contribution in [2.75, 3.05) is 14.2 Å². The number of hydrogen-bond acceptors (Lipinski definition) is 5. The van der Waals surface area contributed by atoms with E-state index in [-0.39, 0.29) is 22.6 Å². The maximum absolute atomic E-state index is 11.3. The predicted molar refractivity (Wildman–Crippen MR) is 56.9 cm³/mol. The molecule has 0 bridgehead atoms. The van der Waals surface area contributed by atoms with Crippen molar-refractivity contribution >= 4 is 18.0 Å². The van der Waals surface area contributed by atoms with E-state index < -0.39 is 11.8 Å². The lowest BCUT2D eigenvalue weighted by Gasteiger charge is -2.10. The zero-order valence-electron chi connectivity index (χ0n) is 9.22. The van der Waals surface area contributed by atoms with Crippen LogP contribution in [-0.4, -0.2) is 37.4 Å². The Labute approximate surface area is 96.8 Å². The van der Waals surface area contributed by atoms with Gasteiger partial charge >= 0.3 is 5.97 Å². The average molecular weight is 238 g/mol. The molecule has 0 aromatic heterocycles. The fourth-order valence-electron chi connectivity index (χ4n) is 1.31. The van der Waals surface area contributed by atoms with Crippen LogP contribution < -0.4 is 9.47 Å². The van der Waals surface area contributed by atoms with Gasteiger partial charge in [0.1, 0.15) is 11.5 Å². The van der Waals surface area contributed by atoms with E-state index in [1.165, 1.54) is 26.4 Å². The Morgan fingerprint density at radius 3 is 1.94 bits per heavy atom. The lowest BCUT2D eigenvalue weighted by atomic mass is 10.1. The van der Waals surface area contributed by atoms with Crippen molar-refractivity contribution in [2.24, 2.45) is 0 Å². The molecular formula is C11H10O6. The highest BCUT2D eigenvalue weighted by molar-refractivity contribution is 6.40. The van der Waals surface area contributed by atoms with Gasteiger partial charge in [-0.1, -0.05) is 0 Å². The SMILES string of the molecule is COc1cc(C(=O)C(=O)O)cc(OC)c1C=O. The topological polar surface area (TPSA) is 89.9 Å². The fraction of sp³-hybridized carbons (Fsp3) is 0.182. The molecule has 6 nitrogen and oxygen atoms in total. The van der Waals surface area contributed by atoms with Crippen LogP contribution in [0.15, 0.2) is 12.1 Å². The summed E-state index contributed by atoms with van der Waals surface area (Å²) in [6, 6.07) is 2.37. The van der Waals surface area contributed by atoms with Crippen molar-refractivity contribution < 1.29 is 29.0 Å². The Kier molecular flexibility index (Phi) is 3.82. The molecule has 0 saturated heterocycles. The monoisotopic (exact) mass is 238 g/mol. The lowest BCUT2D eigenvalue weighted by Crippen LogP contribution is -2.13. The molecule has 0 aliphatic heterocycles. The van der Waals surface area contributed by atoms with E-state index in [9.17, 15) is 14.4 Å². The molecule has 0 saturated carbocycles. The number of hydrogen-bond donors (Lipinski definition) is 1. The number of ketones is 1. The maximum atomic E-state index is 11.3. The first kappa shape index (κ1) is 12.7. The Bertz CT molecular complexity index is 452. The van der Waals surface area contributed by atoms with Crippen molar-refractivity contribution in [1.29, 1.82) is 0 Å². The molecule has 1 rings (SSSR count). The molecule has 1 N–H and O–H groups in total. The van der Waals surface area contributed by atoms with E-state index in [0.717, 1.165) is 0 Å². The van der Waals surface area contributed by atoms with Gasteiger partial charge in [-0.15, -0.1) is 0 Å². The van der Waals surface area contributed by atoms with Crippen LogP contribution in [0.25, 0.3) is 0 Å². The number of methoxy groups -OCH3 is 2. The third kappa shape index (κ3) is 2.41. The Balaban J connectivity index is 3.42. The standard InChI is InChI=1S/C11H10O6/c1-16-8-3-6(10(13)11(14)15)4-9(17-2)7(8)5-12/h3-5H,1-2H3,(H,14,15). The van der Waals surface area contributed by atoms with Gasteiger partial charge in [0.15, 0.2) is 6.29 Å². The van der Waals surface area contributed by atoms with Crippen LogP contribution >= 0.6 is 0 Å². The van der Waals surface area contributed by atoms with Gasteiger partial charge in [-0.05, 0) is 12.1 Å². The highest BCUT2D eigenvalue weighted by Gasteiger charge is 2.20. The average Bonchev–Trinajstić information content (AvgIpc) is 2.35. The number of aliphatic carboxylic acids is 1. The molecule has 17 heavy (non-hydrogen) atoms. The Morgan fingerprint density at radius 2 is 1.65 bits per heavy atom. The number of carbonyl (C=O) groups excluding carboxylic acids is 2. The number of ether oxygens (including phenoxy) is 2. The number of rotatable bonds is 5. The summed E-state index contributed by atoms with van der Waals surface area (Å²) in [5.41, 5.74) is 0.00809. The summed E-state index contributed by atoms with van der Waals surface area (Å²) >= 11 is 0. The molecule has 0 unspecified atom stereocenters. The molecule has 1 aromatic carbocycles. The molecule has 0 fully saturated rings. The first-order valence-corrected chi connectivity index (χ1v) is 4.54. The smallest absolute Gasteiger partial charge is 0.377 e. The first-order chi connectivity index (χ1) is 8.04. The minimum atomic E-state index is -1.59. The van der Waals surface area contributed by atoms with Crippen LogP contribution in [0.4, 0.5) is 0 Å². The van der Waals surface area contributed by atoms with Crippen LogP contribution in [0, 0.1) is 0 Å². The van der Waals surface area contributed by atoms with Gasteiger partial charge in [-0.3, -0.25) is 9.59 Å². The molecule has 0 heterocycles. The highest BCUT2D eigenvalue weighted by atomic mass is 16.5. The van der Waals surface area contributed by atoms with Crippen LogP contribution in [0.1, 0.15) is 20.7 Å². The minimum Gasteiger partial charge on any atom is -0.496 e. The van der Waals surface area contributed by atoms with Gasteiger partial charge in [-0.2, -0.15) is 0 Å². The number of carboxylic acids is 1. The molecule has 0 radical (unpaired) electrons. The molecule has 0 atom stereocenters. The van der Waals surface area contributed by atoms with E-state index in [2.05, 4.69) is 0 Å². The van der Waals surface area contributed by atoms with Crippen LogP contribution in [0.5, 0.6) is 11.5 Å². The molecule has 0 aliphatic rings. The van der Waals surface area contributed by atoms with Crippen molar-refractivity contribution in [3.05, 3.63) is 23.3 Å². The van der Waals surface area contributed by atoms with Crippen molar-refractivity contribution in [2.45, 2.75) is 0 Å². The number of benzene rings is 1. The van der Waals surface area contributed by atoms with E-state index in [4.69, 9.17) is 14.6 Å². The van der Waals surface area contributed by atoms with Crippen LogP contribution in [0.2, 0.25) is 0 Å². The van der Waals surface area contributed by atoms with Gasteiger partial charge < -0.3 is 14.6 Å². The number of carbonyl (C=O) groups is 3. The Hall–Kier alpha value is -2.37. The first-order valence-electron chi connectivity index (χ1n) is 4.54. The predicted octanol–water partition coefficient (Wildman–Crippen LogP) is 0.784. The van der Waals surface area contributed by atoms with Crippen molar-refractivity contribution in [3.8, 4) is 11.5 Å². The maximum Gasteiger partial charge on any atom is 0.377 e. The lowest BCUT2D eigenvalue weighted by molar-refractivity contribution is -0.131. The molecule has 0 amide bonds. The van der Waals surface area contributed by atoms with Crippen LogP contribution in [0.3, 0.4) is 0 Å². The van der Waals surface area contributed by atoms with Gasteiger partial charge in [0.05, 0.1) is 19.8 Å². The van der Waals surface area contributed by atoms with Gasteiger partial charge in [0.2, 0.25) is 0 Å². The quantitative estimate of drug-likeness (QED) is 0.463. The number of Topliss-reactive ketones (excluding diaryl/α,β-unsaturated/α-hetero) is 1. The summed E-state index contributed by atoms with van der Waals surface area (Å²) in [5.74, 6) is -2.51. The fourth-order valence-corrected chi connectivity index (χ4v) is 1.31. The van der Waals surface area contributed by atoms with Crippen molar-refractivity contribution in [1.82, 2.24) is 0 Å². The molecule has 0 spiro atoms. The van der Waals surface area contributed by atoms with Crippen LogP contribution in [-0.2, 0) is 4.79 Å². The molecule has 0 aliphatic carbocycles. The third-order valence-electron chi connectivity index (χ3n) is 2.12. The Morgan fingerprint density at radius 1 is 1.18 bits per heavy atom. The zero-order chi connectivity index (χ0) is 13.0. The summed E-state index contributed by atoms with van der Waals surface area (Å²) in [6.07, 6.45) is 0.507. The van der Waals surface area contributed by atoms with Gasteiger partial charge in [0.25, 0.3) is 5.78 Å². The second-order valence-electron chi connectivity index (χ2n) is 3.05. The third-order valence-corrected chi connectivity index (χ3v) is 2.12. The largest absolute Gasteiger partial charge is 0.496 e. The molecule has 90 valence electrons. The normalized spacial score (nSPS) is 9.53. The minimum absolute atomic E-state index is 0.0870. The summed E-state index contributed by atoms with van der Waals surface area (Å²) in [4.78, 5) is 32.7. The summed E-state index contributed by atoms with van der Waals surface area (Å²) in [5, 5.41) is 8.59. The summed E-state index contributed by atoms with van der Waals surface area (Å²) in [7, 11) is 2.60. The molecule has 1 aromatic rings. The highest BCUT2D eigenvalue weighted by Crippen LogP contribution is 2.29. The van der Waals surface area contributed by atoms with Gasteiger partial charge in [-0.25, -0.2) is 4.79 Å². The second-order valence-corrected chi connectivity index (χ2v) is 3.05. The molecule has 6 heteroatoms. The van der Waals surface area contributed by atoms with E-state index in [1.54, 1.807) is 0 Å². The zero-order valence-corrected chi connectivity index (χ0v) is 9.22. The summed E-state index contributed by atoms with van der Waals surface area (Å²) in [6.45, 7) is 0.